The Labute approximate surface area is 170 Å². The van der Waals surface area contributed by atoms with E-state index >= 15 is 0 Å². The Morgan fingerprint density at radius 2 is 1.45 bits per heavy atom. The third-order valence-electron chi connectivity index (χ3n) is 3.66. The molecule has 2 heterocycles. The van der Waals surface area contributed by atoms with Gasteiger partial charge in [0.2, 0.25) is 5.88 Å². The third kappa shape index (κ3) is 6.13. The first kappa shape index (κ1) is 22.5. The van der Waals surface area contributed by atoms with E-state index in [9.17, 15) is 32.6 Å². The van der Waals surface area contributed by atoms with E-state index in [2.05, 4.69) is 15.0 Å². The van der Waals surface area contributed by atoms with Crippen molar-refractivity contribution in [2.45, 2.75) is 11.1 Å². The molecule has 1 aromatic carbocycles. The summed E-state index contributed by atoms with van der Waals surface area (Å²) in [6.45, 7) is 0. The highest BCUT2D eigenvalue weighted by molar-refractivity contribution is 8.45. The molecule has 0 radical (unpaired) electrons. The zero-order chi connectivity index (χ0) is 23.0. The molecule has 0 fully saturated rings. The van der Waals surface area contributed by atoms with Crippen LogP contribution in [-0.4, -0.2) is 21.1 Å². The lowest BCUT2D eigenvalue weighted by atomic mass is 10.1. The highest BCUT2D eigenvalue weighted by atomic mass is 32.5. The van der Waals surface area contributed by atoms with Gasteiger partial charge in [0.15, 0.2) is 5.82 Å². The summed E-state index contributed by atoms with van der Waals surface area (Å²) >= 11 is 0. The number of hydrogen-bond acceptors (Lipinski definition) is 4. The van der Waals surface area contributed by atoms with Crippen molar-refractivity contribution >= 4 is 16.3 Å². The van der Waals surface area contributed by atoms with Crippen LogP contribution in [0.2, 0.25) is 0 Å². The van der Waals surface area contributed by atoms with Gasteiger partial charge in [-0.25, -0.2) is 15.0 Å². The minimum Gasteiger partial charge on any atom is -0.438 e. The number of allylic oxidation sites excluding steroid dienone is 1. The predicted molar refractivity (Wildman–Crippen MR) is 98.3 cm³/mol. The molecule has 166 valence electrons. The Hall–Kier alpha value is -3.22. The normalized spacial score (nSPS) is 14.8. The van der Waals surface area contributed by atoms with Gasteiger partial charge in [-0.3, -0.25) is 0 Å². The molecule has 3 rings (SSSR count). The van der Waals surface area contributed by atoms with Crippen LogP contribution in [0.5, 0.6) is 11.6 Å². The number of rotatable bonds is 5. The standard InChI is InChI=1S/C18H11F8N3OS/c19-18(20,21)8-7-16-28-10-12(11-29-16)15-2-1-9-27-17(15)30-13-3-5-14(6-4-13)31(22,23,24,25)26/h1-11H/b8-7+. The molecular weight excluding hydrogens is 458 g/mol. The highest BCUT2D eigenvalue weighted by Crippen LogP contribution is 3.02. The molecule has 0 atom stereocenters. The van der Waals surface area contributed by atoms with Crippen molar-refractivity contribution in [1.82, 2.24) is 15.0 Å². The van der Waals surface area contributed by atoms with Crippen LogP contribution in [0, 0.1) is 0 Å². The minimum atomic E-state index is -9.81. The van der Waals surface area contributed by atoms with Crippen LogP contribution < -0.4 is 4.74 Å². The molecule has 0 aliphatic rings. The molecule has 0 unspecified atom stereocenters. The molecule has 0 amide bonds. The van der Waals surface area contributed by atoms with Crippen LogP contribution in [0.3, 0.4) is 0 Å². The number of aromatic nitrogens is 3. The third-order valence-corrected chi connectivity index (χ3v) is 4.82. The average Bonchev–Trinajstić information content (AvgIpc) is 2.65. The van der Waals surface area contributed by atoms with Crippen LogP contribution in [0.15, 0.2) is 66.0 Å². The number of nitrogens with zero attached hydrogens (tertiary/aromatic N) is 3. The fraction of sp³-hybridized carbons (Fsp3) is 0.0556. The van der Waals surface area contributed by atoms with Gasteiger partial charge >= 0.3 is 16.4 Å². The van der Waals surface area contributed by atoms with Crippen LogP contribution in [0.25, 0.3) is 17.2 Å². The number of benzene rings is 1. The van der Waals surface area contributed by atoms with Crippen LogP contribution >= 0.6 is 10.2 Å². The zero-order valence-corrected chi connectivity index (χ0v) is 15.8. The second-order valence-corrected chi connectivity index (χ2v) is 8.51. The van der Waals surface area contributed by atoms with Gasteiger partial charge in [-0.1, -0.05) is 19.4 Å². The second kappa shape index (κ2) is 6.90. The molecule has 0 saturated carbocycles. The van der Waals surface area contributed by atoms with Crippen molar-refractivity contribution in [3.05, 3.63) is 66.9 Å². The summed E-state index contributed by atoms with van der Waals surface area (Å²) in [7, 11) is -9.81. The molecule has 0 saturated heterocycles. The number of halogens is 8. The quantitative estimate of drug-likeness (QED) is 0.362. The van der Waals surface area contributed by atoms with Gasteiger partial charge in [-0.05, 0) is 42.5 Å². The van der Waals surface area contributed by atoms with E-state index < -0.39 is 21.3 Å². The molecule has 0 N–H and O–H groups in total. The summed E-state index contributed by atoms with van der Waals surface area (Å²) in [6.07, 6.45) is -0.182. The Kier molecular flexibility index (Phi) is 5.00. The number of alkyl halides is 3. The Morgan fingerprint density at radius 1 is 0.839 bits per heavy atom. The van der Waals surface area contributed by atoms with E-state index in [1.807, 2.05) is 0 Å². The fourth-order valence-electron chi connectivity index (χ4n) is 2.30. The van der Waals surface area contributed by atoms with Gasteiger partial charge in [-0.15, -0.1) is 0 Å². The van der Waals surface area contributed by atoms with Gasteiger partial charge in [0, 0.05) is 35.8 Å². The fourth-order valence-corrected chi connectivity index (χ4v) is 2.95. The van der Waals surface area contributed by atoms with Crippen LogP contribution in [0.1, 0.15) is 5.82 Å². The monoisotopic (exact) mass is 469 g/mol. The molecule has 0 aliphatic carbocycles. The summed E-state index contributed by atoms with van der Waals surface area (Å²) in [5.74, 6) is -0.514. The molecule has 4 nitrogen and oxygen atoms in total. The topological polar surface area (TPSA) is 47.9 Å². The van der Waals surface area contributed by atoms with E-state index in [-0.39, 0.29) is 46.8 Å². The van der Waals surface area contributed by atoms with E-state index in [1.54, 1.807) is 0 Å². The van der Waals surface area contributed by atoms with E-state index in [4.69, 9.17) is 4.74 Å². The van der Waals surface area contributed by atoms with E-state index in [0.717, 1.165) is 0 Å². The van der Waals surface area contributed by atoms with Gasteiger partial charge in [0.1, 0.15) is 10.6 Å². The van der Waals surface area contributed by atoms with Gasteiger partial charge in [0.25, 0.3) is 0 Å². The van der Waals surface area contributed by atoms with Crippen molar-refractivity contribution in [2.75, 3.05) is 0 Å². The molecule has 0 bridgehead atoms. The maximum atomic E-state index is 12.8. The summed E-state index contributed by atoms with van der Waals surface area (Å²) in [5.41, 5.74) is 0.557. The lowest BCUT2D eigenvalue weighted by Crippen LogP contribution is -2.05. The Bertz CT molecular complexity index is 1110. The van der Waals surface area contributed by atoms with Gasteiger partial charge < -0.3 is 4.74 Å². The van der Waals surface area contributed by atoms with Crippen molar-refractivity contribution in [1.29, 1.82) is 0 Å². The smallest absolute Gasteiger partial charge is 0.409 e. The summed E-state index contributed by atoms with van der Waals surface area (Å²) in [4.78, 5) is 9.42. The molecule has 2 aromatic heterocycles. The van der Waals surface area contributed by atoms with Crippen molar-refractivity contribution < 1.29 is 37.3 Å². The lowest BCUT2D eigenvalue weighted by molar-refractivity contribution is -0.0791. The zero-order valence-electron chi connectivity index (χ0n) is 15.0. The maximum Gasteiger partial charge on any atom is 0.409 e. The molecular formula is C18H11F8N3OS. The first-order chi connectivity index (χ1) is 14.1. The van der Waals surface area contributed by atoms with Crippen molar-refractivity contribution in [3.63, 3.8) is 0 Å². The Balaban J connectivity index is 1.86. The molecule has 31 heavy (non-hydrogen) atoms. The first-order valence-electron chi connectivity index (χ1n) is 8.16. The Morgan fingerprint density at radius 3 is 2.00 bits per heavy atom. The summed E-state index contributed by atoms with van der Waals surface area (Å²) in [6, 6.07) is 4.82. The van der Waals surface area contributed by atoms with Gasteiger partial charge in [0.05, 0.1) is 0 Å². The number of pyridine rings is 1. The van der Waals surface area contributed by atoms with Gasteiger partial charge in [-0.2, -0.15) is 13.2 Å². The average molecular weight is 469 g/mol. The van der Waals surface area contributed by atoms with Crippen LogP contribution in [0.4, 0.5) is 32.6 Å². The number of hydrogen-bond donors (Lipinski definition) is 0. The van der Waals surface area contributed by atoms with Crippen molar-refractivity contribution in [2.24, 2.45) is 0 Å². The molecule has 0 spiro atoms. The lowest BCUT2D eigenvalue weighted by Gasteiger charge is -2.40. The minimum absolute atomic E-state index is 0.0310. The van der Waals surface area contributed by atoms with E-state index in [0.29, 0.717) is 18.2 Å². The molecule has 3 aromatic rings. The SMILES string of the molecule is FC(F)(F)/C=C/c1ncc(-c2cccnc2Oc2ccc(S(F)(F)(F)(F)F)cc2)cn1. The highest BCUT2D eigenvalue weighted by Gasteiger charge is 2.65. The van der Waals surface area contributed by atoms with Crippen LogP contribution in [-0.2, 0) is 0 Å². The maximum absolute atomic E-state index is 12.8. The van der Waals surface area contributed by atoms with E-state index in [1.165, 1.54) is 30.7 Å². The van der Waals surface area contributed by atoms with Crippen molar-refractivity contribution in [3.8, 4) is 22.8 Å². The summed E-state index contributed by atoms with van der Waals surface area (Å²) < 4.78 is 106. The number of ether oxygens (including phenoxy) is 1. The molecule has 13 heteroatoms. The second-order valence-electron chi connectivity index (χ2n) is 6.10. The largest absolute Gasteiger partial charge is 0.438 e. The predicted octanol–water partition coefficient (Wildman–Crippen LogP) is 7.56. The summed E-state index contributed by atoms with van der Waals surface area (Å²) in [5, 5.41) is 0. The molecule has 0 aliphatic heterocycles. The first-order valence-corrected chi connectivity index (χ1v) is 10.1.